The normalized spacial score (nSPS) is 12.4. The summed E-state index contributed by atoms with van der Waals surface area (Å²) in [7, 11) is 0. The highest BCUT2D eigenvalue weighted by Gasteiger charge is 2.17. The van der Waals surface area contributed by atoms with Crippen LogP contribution in [0.3, 0.4) is 0 Å². The van der Waals surface area contributed by atoms with Crippen molar-refractivity contribution in [1.82, 2.24) is 20.2 Å². The fourth-order valence-corrected chi connectivity index (χ4v) is 4.47. The highest BCUT2D eigenvalue weighted by atomic mass is 32.2. The van der Waals surface area contributed by atoms with E-state index in [9.17, 15) is 9.59 Å². The van der Waals surface area contributed by atoms with Gasteiger partial charge in [-0.15, -0.1) is 10.2 Å². The number of benzene rings is 1. The Hall–Kier alpha value is -1.78. The van der Waals surface area contributed by atoms with E-state index in [0.29, 0.717) is 16.7 Å². The second-order valence-corrected chi connectivity index (χ2v) is 8.25. The predicted octanol–water partition coefficient (Wildman–Crippen LogP) is 2.55. The van der Waals surface area contributed by atoms with Crippen molar-refractivity contribution in [3.8, 4) is 0 Å². The van der Waals surface area contributed by atoms with Crippen molar-refractivity contribution in [3.05, 3.63) is 28.7 Å². The smallest absolute Gasteiger partial charge is 0.323 e. The second-order valence-electron chi connectivity index (χ2n) is 4.63. The summed E-state index contributed by atoms with van der Waals surface area (Å²) in [6, 6.07) is 5.22. The molecule has 7 nitrogen and oxygen atoms in total. The molecule has 0 saturated carbocycles. The molecule has 0 unspecified atom stereocenters. The quantitative estimate of drug-likeness (QED) is 0.599. The third kappa shape index (κ3) is 3.77. The number of aromatic nitrogens is 4. The summed E-state index contributed by atoms with van der Waals surface area (Å²) in [6.45, 7) is 1.82. The first kappa shape index (κ1) is 16.1. The lowest BCUT2D eigenvalue weighted by molar-refractivity contribution is -0.115. The van der Waals surface area contributed by atoms with Crippen molar-refractivity contribution in [3.63, 3.8) is 0 Å². The van der Waals surface area contributed by atoms with Crippen LogP contribution >= 0.6 is 34.9 Å². The number of anilines is 1. The number of nitrogens with one attached hydrogen (secondary N) is 3. The van der Waals surface area contributed by atoms with Gasteiger partial charge in [-0.1, -0.05) is 34.9 Å². The van der Waals surface area contributed by atoms with Gasteiger partial charge in [-0.05, 0) is 31.4 Å². The van der Waals surface area contributed by atoms with Crippen LogP contribution in [0.1, 0.15) is 6.92 Å². The first-order valence-corrected chi connectivity index (χ1v) is 9.54. The van der Waals surface area contributed by atoms with Gasteiger partial charge in [0.15, 0.2) is 8.68 Å². The van der Waals surface area contributed by atoms with Gasteiger partial charge in [0, 0.05) is 5.69 Å². The van der Waals surface area contributed by atoms with E-state index in [2.05, 4.69) is 25.5 Å². The molecule has 3 aromatic rings. The minimum Gasteiger partial charge on any atom is -0.325 e. The molecular weight excluding hydrogens is 354 g/mol. The summed E-state index contributed by atoms with van der Waals surface area (Å²) >= 11 is 4.37. The lowest BCUT2D eigenvalue weighted by Crippen LogP contribution is -2.22. The lowest BCUT2D eigenvalue weighted by Gasteiger charge is -2.10. The Balaban J connectivity index is 1.67. The summed E-state index contributed by atoms with van der Waals surface area (Å²) in [6.07, 6.45) is 1.94. The fraction of sp³-hybridized carbons (Fsp3) is 0.231. The highest BCUT2D eigenvalue weighted by Crippen LogP contribution is 2.30. The van der Waals surface area contributed by atoms with Gasteiger partial charge in [0.2, 0.25) is 5.91 Å². The maximum absolute atomic E-state index is 12.3. The number of thioether (sulfide) groups is 2. The van der Waals surface area contributed by atoms with E-state index in [4.69, 9.17) is 0 Å². The Kier molecular flexibility index (Phi) is 4.74. The van der Waals surface area contributed by atoms with Crippen molar-refractivity contribution in [2.75, 3.05) is 11.6 Å². The van der Waals surface area contributed by atoms with E-state index < -0.39 is 0 Å². The number of rotatable bonds is 5. The summed E-state index contributed by atoms with van der Waals surface area (Å²) in [4.78, 5) is 28.8. The molecule has 0 saturated heterocycles. The second kappa shape index (κ2) is 6.77. The van der Waals surface area contributed by atoms with Crippen LogP contribution in [-0.2, 0) is 4.79 Å². The Morgan fingerprint density at radius 1 is 1.26 bits per heavy atom. The zero-order valence-corrected chi connectivity index (χ0v) is 14.7. The monoisotopic (exact) mass is 367 g/mol. The van der Waals surface area contributed by atoms with E-state index in [1.165, 1.54) is 34.9 Å². The van der Waals surface area contributed by atoms with E-state index in [1.54, 1.807) is 18.2 Å². The minimum atomic E-state index is -0.307. The van der Waals surface area contributed by atoms with Crippen LogP contribution in [0.15, 0.2) is 31.7 Å². The van der Waals surface area contributed by atoms with Crippen molar-refractivity contribution in [2.24, 2.45) is 0 Å². The zero-order chi connectivity index (χ0) is 16.4. The molecule has 0 aliphatic heterocycles. The number of imidazole rings is 1. The van der Waals surface area contributed by atoms with Crippen LogP contribution in [0.5, 0.6) is 0 Å². The molecule has 0 aliphatic rings. The SMILES string of the molecule is CSc1nnc(S[C@H](C)C(=O)Nc2ccc3[nH]c(=O)[nH]c3c2)s1. The van der Waals surface area contributed by atoms with Crippen molar-refractivity contribution in [1.29, 1.82) is 0 Å². The van der Waals surface area contributed by atoms with Gasteiger partial charge in [0.05, 0.1) is 16.3 Å². The van der Waals surface area contributed by atoms with Gasteiger partial charge >= 0.3 is 5.69 Å². The topological polar surface area (TPSA) is 104 Å². The van der Waals surface area contributed by atoms with Gasteiger partial charge in [0.25, 0.3) is 0 Å². The molecule has 0 spiro atoms. The Labute approximate surface area is 143 Å². The Morgan fingerprint density at radius 3 is 2.74 bits per heavy atom. The van der Waals surface area contributed by atoms with Crippen LogP contribution in [0.4, 0.5) is 5.69 Å². The van der Waals surface area contributed by atoms with Crippen LogP contribution in [0.2, 0.25) is 0 Å². The van der Waals surface area contributed by atoms with Crippen molar-refractivity contribution < 1.29 is 4.79 Å². The van der Waals surface area contributed by atoms with Crippen LogP contribution in [0, 0.1) is 0 Å². The third-order valence-corrected chi connectivity index (χ3v) is 6.08. The van der Waals surface area contributed by atoms with Crippen LogP contribution in [-0.4, -0.2) is 37.6 Å². The fourth-order valence-electron chi connectivity index (χ4n) is 1.89. The van der Waals surface area contributed by atoms with E-state index >= 15 is 0 Å². The van der Waals surface area contributed by atoms with Gasteiger partial charge in [-0.2, -0.15) is 0 Å². The van der Waals surface area contributed by atoms with Gasteiger partial charge in [-0.25, -0.2) is 4.79 Å². The largest absolute Gasteiger partial charge is 0.325 e. The predicted molar refractivity (Wildman–Crippen MR) is 94.6 cm³/mol. The number of H-pyrrole nitrogens is 2. The number of fused-ring (bicyclic) bond motifs is 1. The van der Waals surface area contributed by atoms with E-state index in [1.807, 2.05) is 13.2 Å². The summed E-state index contributed by atoms with van der Waals surface area (Å²) < 4.78 is 1.64. The van der Waals surface area contributed by atoms with Gasteiger partial charge in [-0.3, -0.25) is 4.79 Å². The molecule has 1 aromatic carbocycles. The number of hydrogen-bond acceptors (Lipinski definition) is 7. The molecule has 23 heavy (non-hydrogen) atoms. The molecule has 2 aromatic heterocycles. The average molecular weight is 367 g/mol. The molecule has 120 valence electrons. The number of amides is 1. The molecule has 3 rings (SSSR count). The summed E-state index contributed by atoms with van der Waals surface area (Å²) in [5, 5.41) is 10.6. The molecule has 0 fully saturated rings. The third-order valence-electron chi connectivity index (χ3n) is 2.99. The summed E-state index contributed by atoms with van der Waals surface area (Å²) in [5.74, 6) is -0.131. The number of nitrogens with zero attached hydrogens (tertiary/aromatic N) is 2. The molecule has 10 heteroatoms. The van der Waals surface area contributed by atoms with E-state index in [-0.39, 0.29) is 16.8 Å². The van der Waals surface area contributed by atoms with Gasteiger partial charge < -0.3 is 15.3 Å². The maximum atomic E-state index is 12.3. The van der Waals surface area contributed by atoms with Crippen molar-refractivity contribution in [2.45, 2.75) is 20.9 Å². The molecule has 1 atom stereocenters. The number of hydrogen-bond donors (Lipinski definition) is 3. The maximum Gasteiger partial charge on any atom is 0.323 e. The van der Waals surface area contributed by atoms with Crippen LogP contribution < -0.4 is 11.0 Å². The van der Waals surface area contributed by atoms with E-state index in [0.717, 1.165) is 8.68 Å². The standard InChI is InChI=1S/C13H13N5O2S3/c1-6(22-13-18-17-12(21-2)23-13)10(19)14-7-3-4-8-9(5-7)16-11(20)15-8/h3-6H,1-2H3,(H,14,19)(H2,15,16,20)/t6-/m1/s1. The number of aromatic amines is 2. The number of carbonyl (C=O) groups is 1. The molecule has 2 heterocycles. The lowest BCUT2D eigenvalue weighted by atomic mass is 10.2. The molecule has 0 aliphatic carbocycles. The average Bonchev–Trinajstić information content (AvgIpc) is 3.11. The first-order chi connectivity index (χ1) is 11.0. The van der Waals surface area contributed by atoms with Gasteiger partial charge in [0.1, 0.15) is 0 Å². The molecule has 3 N–H and O–H groups in total. The minimum absolute atomic E-state index is 0.131. The first-order valence-electron chi connectivity index (χ1n) is 6.62. The Bertz CT molecular complexity index is 900. The summed E-state index contributed by atoms with van der Waals surface area (Å²) in [5.41, 5.74) is 1.72. The Morgan fingerprint density at radius 2 is 2.00 bits per heavy atom. The number of carbonyl (C=O) groups excluding carboxylic acids is 1. The van der Waals surface area contributed by atoms with Crippen molar-refractivity contribution >= 4 is 57.5 Å². The molecule has 1 amide bonds. The highest BCUT2D eigenvalue weighted by molar-refractivity contribution is 8.03. The zero-order valence-electron chi connectivity index (χ0n) is 12.2. The van der Waals surface area contributed by atoms with Crippen LogP contribution in [0.25, 0.3) is 11.0 Å². The molecule has 0 radical (unpaired) electrons. The molecule has 0 bridgehead atoms. The molecular formula is C13H13N5O2S3.